The van der Waals surface area contributed by atoms with Crippen molar-refractivity contribution in [1.29, 1.82) is 0 Å². The molecule has 2 N–H and O–H groups in total. The van der Waals surface area contributed by atoms with E-state index in [1.54, 1.807) is 12.1 Å². The zero-order chi connectivity index (χ0) is 10.4. The number of benzene rings is 1. The van der Waals surface area contributed by atoms with E-state index in [4.69, 9.17) is 22.8 Å². The maximum atomic E-state index is 11.7. The van der Waals surface area contributed by atoms with Crippen LogP contribution >= 0.6 is 11.6 Å². The third-order valence-electron chi connectivity index (χ3n) is 1.43. The highest BCUT2D eigenvalue weighted by Gasteiger charge is 2.02. The Kier molecular flexibility index (Phi) is 4.05. The average molecular weight is 215 g/mol. The monoisotopic (exact) mass is 214 g/mol. The zero-order valence-corrected chi connectivity index (χ0v) is 7.94. The van der Waals surface area contributed by atoms with E-state index in [-0.39, 0.29) is 6.61 Å². The Labute approximate surface area is 86.1 Å². The van der Waals surface area contributed by atoms with Crippen LogP contribution in [0.4, 0.5) is 10.2 Å². The topological polar surface area (TPSA) is 33.3 Å². The van der Waals surface area contributed by atoms with Crippen molar-refractivity contribution in [2.45, 2.75) is 0 Å². The lowest BCUT2D eigenvalue weighted by Gasteiger charge is -2.07. The van der Waals surface area contributed by atoms with Gasteiger partial charge in [-0.15, -0.1) is 10.9 Å². The molecule has 0 unspecified atom stereocenters. The summed E-state index contributed by atoms with van der Waals surface area (Å²) in [5.41, 5.74) is 4.03. The van der Waals surface area contributed by atoms with Crippen molar-refractivity contribution in [2.24, 2.45) is 0 Å². The molecule has 0 saturated carbocycles. The predicted molar refractivity (Wildman–Crippen MR) is 53.6 cm³/mol. The summed E-state index contributed by atoms with van der Waals surface area (Å²) in [6.45, 7) is 0.117. The summed E-state index contributed by atoms with van der Waals surface area (Å²) in [6, 6.07) is 4.71. The van der Waals surface area contributed by atoms with Crippen molar-refractivity contribution < 1.29 is 9.22 Å². The van der Waals surface area contributed by atoms with Crippen molar-refractivity contribution in [3.63, 3.8) is 0 Å². The van der Waals surface area contributed by atoms with Gasteiger partial charge >= 0.3 is 0 Å². The van der Waals surface area contributed by atoms with Crippen LogP contribution in [-0.2, 0) is 0 Å². The van der Waals surface area contributed by atoms with E-state index in [0.29, 0.717) is 16.5 Å². The highest BCUT2D eigenvalue weighted by atomic mass is 35.5. The standard InChI is InChI=1S/C9H8ClFN2O/c1-2-5-14-9-6-7(12-13-11)3-4-8(9)10/h1,3-4,6,12-13H,5H2. The number of anilines is 1. The normalized spacial score (nSPS) is 9.21. The van der Waals surface area contributed by atoms with E-state index < -0.39 is 0 Å². The molecule has 0 atom stereocenters. The summed E-state index contributed by atoms with van der Waals surface area (Å²) in [5, 5.41) is 0.421. The number of ether oxygens (including phenoxy) is 1. The SMILES string of the molecule is C#CCOc1cc(NNF)ccc1Cl. The summed E-state index contributed by atoms with van der Waals surface area (Å²) in [5.74, 6) is 2.71. The number of terminal acetylenes is 1. The summed E-state index contributed by atoms with van der Waals surface area (Å²) < 4.78 is 16.8. The average Bonchev–Trinajstić information content (AvgIpc) is 2.19. The van der Waals surface area contributed by atoms with Crippen molar-refractivity contribution in [3.8, 4) is 18.1 Å². The molecule has 0 bridgehead atoms. The van der Waals surface area contributed by atoms with Crippen LogP contribution in [0, 0.1) is 12.3 Å². The fourth-order valence-electron chi connectivity index (χ4n) is 0.866. The van der Waals surface area contributed by atoms with Crippen LogP contribution in [0.3, 0.4) is 0 Å². The van der Waals surface area contributed by atoms with Crippen LogP contribution in [0.2, 0.25) is 5.02 Å². The van der Waals surface area contributed by atoms with Crippen molar-refractivity contribution in [2.75, 3.05) is 12.0 Å². The van der Waals surface area contributed by atoms with Crippen molar-refractivity contribution in [1.82, 2.24) is 5.65 Å². The van der Waals surface area contributed by atoms with E-state index in [0.717, 1.165) is 0 Å². The van der Waals surface area contributed by atoms with E-state index >= 15 is 0 Å². The molecule has 0 radical (unpaired) electrons. The Morgan fingerprint density at radius 2 is 2.36 bits per heavy atom. The molecule has 0 aromatic heterocycles. The third kappa shape index (κ3) is 2.80. The molecule has 74 valence electrons. The Morgan fingerprint density at radius 1 is 1.57 bits per heavy atom. The van der Waals surface area contributed by atoms with Crippen LogP contribution in [-0.4, -0.2) is 6.61 Å². The first-order valence-corrected chi connectivity index (χ1v) is 4.13. The summed E-state index contributed by atoms with van der Waals surface area (Å²) in [4.78, 5) is 0. The molecule has 0 aliphatic heterocycles. The lowest BCUT2D eigenvalue weighted by molar-refractivity contribution is 0.368. The van der Waals surface area contributed by atoms with Gasteiger partial charge in [-0.1, -0.05) is 23.2 Å². The Hall–Kier alpha value is -1.44. The van der Waals surface area contributed by atoms with Gasteiger partial charge in [0.15, 0.2) is 0 Å². The van der Waals surface area contributed by atoms with Gasteiger partial charge in [-0.25, -0.2) is 0 Å². The molecule has 0 amide bonds. The van der Waals surface area contributed by atoms with E-state index in [9.17, 15) is 4.48 Å². The maximum absolute atomic E-state index is 11.7. The molecule has 1 aromatic carbocycles. The van der Waals surface area contributed by atoms with Gasteiger partial charge in [-0.3, -0.25) is 5.43 Å². The van der Waals surface area contributed by atoms with Gasteiger partial charge in [-0.05, 0) is 12.1 Å². The van der Waals surface area contributed by atoms with Gasteiger partial charge in [-0.2, -0.15) is 0 Å². The van der Waals surface area contributed by atoms with Crippen molar-refractivity contribution in [3.05, 3.63) is 23.2 Å². The molecular weight excluding hydrogens is 207 g/mol. The largest absolute Gasteiger partial charge is 0.479 e. The second kappa shape index (κ2) is 5.32. The van der Waals surface area contributed by atoms with Gasteiger partial charge in [0.1, 0.15) is 12.4 Å². The van der Waals surface area contributed by atoms with Gasteiger partial charge in [0.2, 0.25) is 0 Å². The first kappa shape index (κ1) is 10.6. The fraction of sp³-hybridized carbons (Fsp3) is 0.111. The minimum absolute atomic E-state index is 0.117. The number of hydrogen-bond donors (Lipinski definition) is 2. The quantitative estimate of drug-likeness (QED) is 0.458. The zero-order valence-electron chi connectivity index (χ0n) is 7.18. The highest BCUT2D eigenvalue weighted by molar-refractivity contribution is 6.32. The second-order valence-corrected chi connectivity index (χ2v) is 2.76. The molecule has 0 aliphatic carbocycles. The molecular formula is C9H8ClFN2O. The number of halogens is 2. The van der Waals surface area contributed by atoms with Crippen LogP contribution in [0.1, 0.15) is 0 Å². The fourth-order valence-corrected chi connectivity index (χ4v) is 1.04. The smallest absolute Gasteiger partial charge is 0.148 e. The maximum Gasteiger partial charge on any atom is 0.148 e. The molecule has 0 aliphatic rings. The minimum atomic E-state index is 0.117. The van der Waals surface area contributed by atoms with Crippen LogP contribution in [0.15, 0.2) is 18.2 Å². The van der Waals surface area contributed by atoms with Crippen LogP contribution in [0.25, 0.3) is 0 Å². The van der Waals surface area contributed by atoms with Crippen LogP contribution in [0.5, 0.6) is 5.75 Å². The Morgan fingerprint density at radius 3 is 3.00 bits per heavy atom. The Balaban J connectivity index is 2.80. The van der Waals surface area contributed by atoms with Gasteiger partial charge < -0.3 is 4.74 Å². The van der Waals surface area contributed by atoms with Gasteiger partial charge in [0, 0.05) is 6.07 Å². The molecule has 1 rings (SSSR count). The third-order valence-corrected chi connectivity index (χ3v) is 1.75. The van der Waals surface area contributed by atoms with E-state index in [1.165, 1.54) is 11.7 Å². The predicted octanol–water partition coefficient (Wildman–Crippen LogP) is 2.15. The minimum Gasteiger partial charge on any atom is -0.479 e. The number of nitrogens with one attached hydrogen (secondary N) is 2. The lowest BCUT2D eigenvalue weighted by Crippen LogP contribution is -2.09. The lowest BCUT2D eigenvalue weighted by atomic mass is 10.3. The number of rotatable bonds is 4. The molecule has 1 aromatic rings. The van der Waals surface area contributed by atoms with Crippen LogP contribution < -0.4 is 15.8 Å². The van der Waals surface area contributed by atoms with Gasteiger partial charge in [0.05, 0.1) is 10.7 Å². The second-order valence-electron chi connectivity index (χ2n) is 2.36. The molecule has 3 nitrogen and oxygen atoms in total. The van der Waals surface area contributed by atoms with E-state index in [1.807, 2.05) is 0 Å². The number of hydrazine groups is 1. The molecule has 0 saturated heterocycles. The molecule has 0 spiro atoms. The number of hydrogen-bond acceptors (Lipinski definition) is 3. The van der Waals surface area contributed by atoms with Crippen molar-refractivity contribution >= 4 is 17.3 Å². The van der Waals surface area contributed by atoms with Gasteiger partial charge in [0.25, 0.3) is 0 Å². The summed E-state index contributed by atoms with van der Waals surface area (Å²) in [7, 11) is 0. The first-order valence-electron chi connectivity index (χ1n) is 3.75. The molecule has 5 heteroatoms. The summed E-state index contributed by atoms with van der Waals surface area (Å²) in [6.07, 6.45) is 5.02. The molecule has 14 heavy (non-hydrogen) atoms. The summed E-state index contributed by atoms with van der Waals surface area (Å²) >= 11 is 5.80. The first-order chi connectivity index (χ1) is 6.77. The molecule has 0 heterocycles. The van der Waals surface area contributed by atoms with E-state index in [2.05, 4.69) is 11.3 Å². The Bertz CT molecular complexity index is 351. The highest BCUT2D eigenvalue weighted by Crippen LogP contribution is 2.27. The molecule has 0 fully saturated rings.